The van der Waals surface area contributed by atoms with Gasteiger partial charge in [-0.2, -0.15) is 0 Å². The summed E-state index contributed by atoms with van der Waals surface area (Å²) in [6, 6.07) is 1.95. The van der Waals surface area contributed by atoms with E-state index in [9.17, 15) is 0 Å². The minimum Gasteiger partial charge on any atom is -0.397 e. The van der Waals surface area contributed by atoms with Crippen LogP contribution >= 0.6 is 0 Å². The number of aliphatic hydroxyl groups is 1. The largest absolute Gasteiger partial charge is 0.397 e. The molecular formula is C11H17N3O. The van der Waals surface area contributed by atoms with E-state index in [1.165, 1.54) is 0 Å². The molecule has 1 aliphatic rings. The molecule has 3 N–H and O–H groups in total. The summed E-state index contributed by atoms with van der Waals surface area (Å²) in [6.45, 7) is 2.27. The molecule has 4 nitrogen and oxygen atoms in total. The Labute approximate surface area is 89.7 Å². The lowest BCUT2D eigenvalue weighted by molar-refractivity contribution is 0.203. The number of aliphatic hydroxyl groups excluding tert-OH is 1. The van der Waals surface area contributed by atoms with Crippen molar-refractivity contribution >= 4 is 11.4 Å². The predicted molar refractivity (Wildman–Crippen MR) is 60.7 cm³/mol. The molecule has 1 aromatic rings. The molecule has 0 atom stereocenters. The maximum Gasteiger partial charge on any atom is 0.0573 e. The minimum atomic E-state index is 0.309. The van der Waals surface area contributed by atoms with Gasteiger partial charge in [-0.3, -0.25) is 4.98 Å². The summed E-state index contributed by atoms with van der Waals surface area (Å²) in [5.41, 5.74) is 7.48. The highest BCUT2D eigenvalue weighted by Gasteiger charge is 2.18. The van der Waals surface area contributed by atoms with E-state index < -0.39 is 0 Å². The smallest absolute Gasteiger partial charge is 0.0573 e. The Morgan fingerprint density at radius 3 is 2.73 bits per heavy atom. The number of nitrogen functional groups attached to an aromatic ring is 1. The van der Waals surface area contributed by atoms with Gasteiger partial charge in [-0.05, 0) is 24.8 Å². The van der Waals surface area contributed by atoms with Crippen molar-refractivity contribution in [2.24, 2.45) is 5.92 Å². The van der Waals surface area contributed by atoms with Crippen LogP contribution in [-0.2, 0) is 0 Å². The normalized spacial score (nSPS) is 18.1. The van der Waals surface area contributed by atoms with Crippen molar-refractivity contribution < 1.29 is 5.11 Å². The molecule has 0 bridgehead atoms. The first kappa shape index (κ1) is 10.2. The number of hydrogen-bond donors (Lipinski definition) is 2. The SMILES string of the molecule is Nc1cncc(N2CCC(CO)CC2)c1. The van der Waals surface area contributed by atoms with Crippen LogP contribution in [0.25, 0.3) is 0 Å². The lowest BCUT2D eigenvalue weighted by Crippen LogP contribution is -2.34. The van der Waals surface area contributed by atoms with Crippen LogP contribution in [0.5, 0.6) is 0 Å². The first-order valence-electron chi connectivity index (χ1n) is 5.36. The molecule has 1 aliphatic heterocycles. The Balaban J connectivity index is 2.01. The summed E-state index contributed by atoms with van der Waals surface area (Å²) in [6.07, 6.45) is 5.59. The second kappa shape index (κ2) is 4.49. The van der Waals surface area contributed by atoms with Crippen molar-refractivity contribution in [3.05, 3.63) is 18.5 Å². The Morgan fingerprint density at radius 1 is 1.40 bits per heavy atom. The van der Waals surface area contributed by atoms with Crippen LogP contribution in [0.2, 0.25) is 0 Å². The maximum absolute atomic E-state index is 9.04. The number of nitrogens with zero attached hydrogens (tertiary/aromatic N) is 2. The molecule has 82 valence electrons. The molecule has 15 heavy (non-hydrogen) atoms. The Morgan fingerprint density at radius 2 is 2.13 bits per heavy atom. The number of hydrogen-bond acceptors (Lipinski definition) is 4. The predicted octanol–water partition coefficient (Wildman–Crippen LogP) is 0.873. The number of aromatic nitrogens is 1. The first-order valence-corrected chi connectivity index (χ1v) is 5.36. The average Bonchev–Trinajstić information content (AvgIpc) is 2.29. The van der Waals surface area contributed by atoms with E-state index in [1.54, 1.807) is 6.20 Å². The van der Waals surface area contributed by atoms with Crippen LogP contribution in [0.1, 0.15) is 12.8 Å². The fraction of sp³-hybridized carbons (Fsp3) is 0.545. The number of rotatable bonds is 2. The van der Waals surface area contributed by atoms with Crippen LogP contribution in [0.4, 0.5) is 11.4 Å². The van der Waals surface area contributed by atoms with E-state index >= 15 is 0 Å². The third kappa shape index (κ3) is 2.39. The third-order valence-corrected chi connectivity index (χ3v) is 2.98. The van der Waals surface area contributed by atoms with Gasteiger partial charge in [0.1, 0.15) is 0 Å². The number of anilines is 2. The van der Waals surface area contributed by atoms with Gasteiger partial charge in [0.2, 0.25) is 0 Å². The van der Waals surface area contributed by atoms with E-state index in [2.05, 4.69) is 9.88 Å². The fourth-order valence-corrected chi connectivity index (χ4v) is 1.99. The van der Waals surface area contributed by atoms with Crippen LogP contribution in [0.3, 0.4) is 0 Å². The lowest BCUT2D eigenvalue weighted by Gasteiger charge is -2.32. The quantitative estimate of drug-likeness (QED) is 0.755. The van der Waals surface area contributed by atoms with Gasteiger partial charge >= 0.3 is 0 Å². The second-order valence-electron chi connectivity index (χ2n) is 4.09. The first-order chi connectivity index (χ1) is 7.29. The second-order valence-corrected chi connectivity index (χ2v) is 4.09. The molecule has 1 fully saturated rings. The van der Waals surface area contributed by atoms with Crippen LogP contribution in [-0.4, -0.2) is 29.8 Å². The highest BCUT2D eigenvalue weighted by atomic mass is 16.3. The Hall–Kier alpha value is -1.29. The van der Waals surface area contributed by atoms with Gasteiger partial charge in [0, 0.05) is 25.9 Å². The topological polar surface area (TPSA) is 62.4 Å². The van der Waals surface area contributed by atoms with Crippen molar-refractivity contribution in [3.63, 3.8) is 0 Å². The van der Waals surface area contributed by atoms with Gasteiger partial charge in [0.15, 0.2) is 0 Å². The monoisotopic (exact) mass is 207 g/mol. The molecule has 0 spiro atoms. The molecule has 0 aliphatic carbocycles. The van der Waals surface area contributed by atoms with Crippen LogP contribution < -0.4 is 10.6 Å². The molecule has 0 saturated carbocycles. The summed E-state index contributed by atoms with van der Waals surface area (Å²) in [5.74, 6) is 0.468. The molecule has 2 rings (SSSR count). The maximum atomic E-state index is 9.04. The van der Waals surface area contributed by atoms with Crippen molar-refractivity contribution in [1.29, 1.82) is 0 Å². The van der Waals surface area contributed by atoms with Crippen molar-refractivity contribution in [1.82, 2.24) is 4.98 Å². The van der Waals surface area contributed by atoms with Crippen molar-refractivity contribution in [2.45, 2.75) is 12.8 Å². The van der Waals surface area contributed by atoms with Gasteiger partial charge in [-0.25, -0.2) is 0 Å². The third-order valence-electron chi connectivity index (χ3n) is 2.98. The molecule has 0 unspecified atom stereocenters. The average molecular weight is 207 g/mol. The number of pyridine rings is 1. The zero-order valence-corrected chi connectivity index (χ0v) is 8.76. The summed E-state index contributed by atoms with van der Waals surface area (Å²) in [5, 5.41) is 9.04. The zero-order valence-electron chi connectivity index (χ0n) is 8.76. The summed E-state index contributed by atoms with van der Waals surface area (Å²) in [4.78, 5) is 6.36. The van der Waals surface area contributed by atoms with Crippen LogP contribution in [0.15, 0.2) is 18.5 Å². The molecule has 0 aromatic carbocycles. The van der Waals surface area contributed by atoms with E-state index in [1.807, 2.05) is 12.3 Å². The number of nitrogens with two attached hydrogens (primary N) is 1. The summed E-state index contributed by atoms with van der Waals surface area (Å²) >= 11 is 0. The highest BCUT2D eigenvalue weighted by Crippen LogP contribution is 2.23. The minimum absolute atomic E-state index is 0.309. The molecular weight excluding hydrogens is 190 g/mol. The van der Waals surface area contributed by atoms with Gasteiger partial charge < -0.3 is 15.7 Å². The van der Waals surface area contributed by atoms with Gasteiger partial charge in [-0.15, -0.1) is 0 Å². The summed E-state index contributed by atoms with van der Waals surface area (Å²) < 4.78 is 0. The Kier molecular flexibility index (Phi) is 3.06. The van der Waals surface area contributed by atoms with E-state index in [4.69, 9.17) is 10.8 Å². The van der Waals surface area contributed by atoms with Crippen LogP contribution in [0, 0.1) is 5.92 Å². The molecule has 0 radical (unpaired) electrons. The van der Waals surface area contributed by atoms with Gasteiger partial charge in [-0.1, -0.05) is 0 Å². The highest BCUT2D eigenvalue weighted by molar-refractivity contribution is 5.53. The molecule has 4 heteroatoms. The lowest BCUT2D eigenvalue weighted by atomic mass is 9.98. The van der Waals surface area contributed by atoms with Crippen molar-refractivity contribution in [3.8, 4) is 0 Å². The van der Waals surface area contributed by atoms with E-state index in [0.29, 0.717) is 18.2 Å². The van der Waals surface area contributed by atoms with E-state index in [0.717, 1.165) is 31.6 Å². The van der Waals surface area contributed by atoms with E-state index in [-0.39, 0.29) is 0 Å². The molecule has 1 saturated heterocycles. The number of piperidine rings is 1. The molecule has 0 amide bonds. The van der Waals surface area contributed by atoms with Gasteiger partial charge in [0.25, 0.3) is 0 Å². The van der Waals surface area contributed by atoms with Crippen molar-refractivity contribution in [2.75, 3.05) is 30.3 Å². The fourth-order valence-electron chi connectivity index (χ4n) is 1.99. The zero-order chi connectivity index (χ0) is 10.7. The standard InChI is InChI=1S/C11H17N3O/c12-10-5-11(7-13-6-10)14-3-1-9(8-15)2-4-14/h5-7,9,15H,1-4,8,12H2. The molecule has 1 aromatic heterocycles. The Bertz CT molecular complexity index is 321. The molecule has 2 heterocycles. The summed E-state index contributed by atoms with van der Waals surface area (Å²) in [7, 11) is 0. The van der Waals surface area contributed by atoms with Gasteiger partial charge in [0.05, 0.1) is 17.6 Å².